The van der Waals surface area contributed by atoms with Gasteiger partial charge in [0.05, 0.1) is 0 Å². The zero-order valence-corrected chi connectivity index (χ0v) is 22.2. The van der Waals surface area contributed by atoms with E-state index in [9.17, 15) is 0 Å². The van der Waals surface area contributed by atoms with Crippen molar-refractivity contribution in [3.05, 3.63) is 0 Å². The molecule has 0 aliphatic rings. The van der Waals surface area contributed by atoms with Crippen molar-refractivity contribution in [3.8, 4) is 0 Å². The van der Waals surface area contributed by atoms with Crippen LogP contribution in [-0.2, 0) is 0 Å². The van der Waals surface area contributed by atoms with Crippen molar-refractivity contribution < 1.29 is 5.11 Å². The molecule has 29 heavy (non-hydrogen) atoms. The summed E-state index contributed by atoms with van der Waals surface area (Å²) in [6.45, 7) is 6.53. The van der Waals surface area contributed by atoms with Crippen molar-refractivity contribution in [2.75, 3.05) is 18.1 Å². The molecular weight excluding hydrogens is 392 g/mol. The lowest BCUT2D eigenvalue weighted by Gasteiger charge is -2.04. The van der Waals surface area contributed by atoms with Crippen LogP contribution in [0.1, 0.15) is 149 Å². The zero-order chi connectivity index (χ0) is 21.7. The summed E-state index contributed by atoms with van der Waals surface area (Å²) in [5, 5.41) is 7.57. The molecule has 0 aromatic carbocycles. The fourth-order valence-electron chi connectivity index (χ4n) is 3.41. The molecule has 0 heterocycles. The highest BCUT2D eigenvalue weighted by Crippen LogP contribution is 2.25. The average molecular weight is 449 g/mol. The van der Waals surface area contributed by atoms with Gasteiger partial charge >= 0.3 is 0 Å². The van der Waals surface area contributed by atoms with Crippen LogP contribution in [0.15, 0.2) is 0 Å². The molecule has 0 bridgehead atoms. The number of aliphatic hydroxyl groups excluding tert-OH is 1. The molecule has 0 rings (SSSR count). The molecule has 0 saturated heterocycles. The Morgan fingerprint density at radius 1 is 0.379 bits per heavy atom. The highest BCUT2D eigenvalue weighted by atomic mass is 33.1. The fraction of sp³-hybridized carbons (Fsp3) is 1.00. The molecule has 0 radical (unpaired) electrons. The van der Waals surface area contributed by atoms with Gasteiger partial charge in [0.25, 0.3) is 0 Å². The summed E-state index contributed by atoms with van der Waals surface area (Å²) in [7, 11) is 4.25. The molecule has 3 heteroatoms. The molecule has 1 N–H and O–H groups in total. The summed E-state index contributed by atoms with van der Waals surface area (Å²) in [6, 6.07) is 0. The van der Waals surface area contributed by atoms with E-state index in [0.717, 1.165) is 0 Å². The summed E-state index contributed by atoms with van der Waals surface area (Å²) < 4.78 is 0. The Balaban J connectivity index is 0. The Morgan fingerprint density at radius 3 is 0.828 bits per heavy atom. The third kappa shape index (κ3) is 36.4. The lowest BCUT2D eigenvalue weighted by molar-refractivity contribution is 0.318. The zero-order valence-electron chi connectivity index (χ0n) is 20.5. The monoisotopic (exact) mass is 448 g/mol. The van der Waals surface area contributed by atoms with Crippen LogP contribution >= 0.6 is 21.6 Å². The molecule has 0 aromatic heterocycles. The van der Waals surface area contributed by atoms with Crippen molar-refractivity contribution in [2.45, 2.75) is 149 Å². The molecule has 0 fully saturated rings. The first-order valence-electron chi connectivity index (χ1n) is 13.2. The van der Waals surface area contributed by atoms with Crippen molar-refractivity contribution in [1.29, 1.82) is 0 Å². The van der Waals surface area contributed by atoms with Gasteiger partial charge in [0.1, 0.15) is 0 Å². The largest absolute Gasteiger partial charge is 0.397 e. The van der Waals surface area contributed by atoms with Crippen LogP contribution < -0.4 is 0 Å². The average Bonchev–Trinajstić information content (AvgIpc) is 2.72. The SMILES string of the molecule is CCCCCCCCCCCCSSCCCCCCCCCCCC.CCO. The second-order valence-corrected chi connectivity index (χ2v) is 11.0. The first-order valence-corrected chi connectivity index (χ1v) is 15.7. The van der Waals surface area contributed by atoms with Crippen molar-refractivity contribution in [2.24, 2.45) is 0 Å². The Morgan fingerprint density at radius 2 is 0.586 bits per heavy atom. The van der Waals surface area contributed by atoms with Gasteiger partial charge in [-0.3, -0.25) is 0 Å². The predicted molar refractivity (Wildman–Crippen MR) is 141 cm³/mol. The number of hydrogen-bond acceptors (Lipinski definition) is 3. The summed E-state index contributed by atoms with van der Waals surface area (Å²) in [5.41, 5.74) is 0. The van der Waals surface area contributed by atoms with Gasteiger partial charge in [-0.1, -0.05) is 151 Å². The van der Waals surface area contributed by atoms with Gasteiger partial charge in [-0.2, -0.15) is 0 Å². The lowest BCUT2D eigenvalue weighted by atomic mass is 10.1. The van der Waals surface area contributed by atoms with Gasteiger partial charge in [-0.25, -0.2) is 0 Å². The molecule has 178 valence electrons. The maximum atomic E-state index is 7.57. The van der Waals surface area contributed by atoms with E-state index in [2.05, 4.69) is 35.4 Å². The van der Waals surface area contributed by atoms with E-state index in [1.807, 2.05) is 0 Å². The van der Waals surface area contributed by atoms with Crippen LogP contribution in [0.3, 0.4) is 0 Å². The minimum Gasteiger partial charge on any atom is -0.397 e. The summed E-state index contributed by atoms with van der Waals surface area (Å²) >= 11 is 0. The maximum absolute atomic E-state index is 7.57. The van der Waals surface area contributed by atoms with E-state index in [-0.39, 0.29) is 6.61 Å². The van der Waals surface area contributed by atoms with Crippen LogP contribution in [0.4, 0.5) is 0 Å². The normalized spacial score (nSPS) is 10.8. The number of aliphatic hydroxyl groups is 1. The van der Waals surface area contributed by atoms with E-state index in [4.69, 9.17) is 5.11 Å². The molecule has 0 aliphatic carbocycles. The van der Waals surface area contributed by atoms with Gasteiger partial charge in [0, 0.05) is 18.1 Å². The fourth-order valence-corrected chi connectivity index (χ4v) is 5.71. The lowest BCUT2D eigenvalue weighted by Crippen LogP contribution is -1.84. The van der Waals surface area contributed by atoms with Crippen molar-refractivity contribution >= 4 is 21.6 Å². The van der Waals surface area contributed by atoms with Gasteiger partial charge in [0.15, 0.2) is 0 Å². The molecule has 0 saturated carbocycles. The molecule has 0 atom stereocenters. The Kier molecular flexibility index (Phi) is 36.6. The summed E-state index contributed by atoms with van der Waals surface area (Å²) in [4.78, 5) is 0. The third-order valence-corrected chi connectivity index (χ3v) is 7.82. The standard InChI is InChI=1S/C24H50S2.C2H6O/c1-3-5-7-9-11-13-15-17-19-21-23-25-26-24-22-20-18-16-14-12-10-8-6-4-2;1-2-3/h3-24H2,1-2H3;3H,2H2,1H3. The van der Waals surface area contributed by atoms with E-state index in [1.54, 1.807) is 6.92 Å². The highest BCUT2D eigenvalue weighted by molar-refractivity contribution is 8.76. The van der Waals surface area contributed by atoms with Gasteiger partial charge in [-0.05, 0) is 19.8 Å². The second-order valence-electron chi connectivity index (χ2n) is 8.32. The van der Waals surface area contributed by atoms with Gasteiger partial charge in [0.2, 0.25) is 0 Å². The van der Waals surface area contributed by atoms with Crippen LogP contribution in [-0.4, -0.2) is 23.2 Å². The first kappa shape index (κ1) is 31.8. The summed E-state index contributed by atoms with van der Waals surface area (Å²) in [6.07, 6.45) is 29.1. The van der Waals surface area contributed by atoms with Gasteiger partial charge in [-0.15, -0.1) is 0 Å². The Hall–Kier alpha value is 0.660. The van der Waals surface area contributed by atoms with Crippen LogP contribution in [0, 0.1) is 0 Å². The molecule has 1 nitrogen and oxygen atoms in total. The Bertz CT molecular complexity index is 225. The number of unbranched alkanes of at least 4 members (excludes halogenated alkanes) is 18. The minimum atomic E-state index is 0.250. The predicted octanol–water partition coefficient (Wildman–Crippen LogP) is 10.2. The molecule has 0 unspecified atom stereocenters. The maximum Gasteiger partial charge on any atom is 0.0402 e. The third-order valence-electron chi connectivity index (χ3n) is 5.25. The first-order chi connectivity index (χ1) is 14.3. The van der Waals surface area contributed by atoms with E-state index in [0.29, 0.717) is 0 Å². The molecule has 0 aliphatic heterocycles. The van der Waals surface area contributed by atoms with Crippen molar-refractivity contribution in [3.63, 3.8) is 0 Å². The topological polar surface area (TPSA) is 20.2 Å². The Labute approximate surface area is 193 Å². The summed E-state index contributed by atoms with van der Waals surface area (Å²) in [5.74, 6) is 2.75. The van der Waals surface area contributed by atoms with Crippen LogP contribution in [0.2, 0.25) is 0 Å². The number of rotatable bonds is 23. The van der Waals surface area contributed by atoms with Crippen molar-refractivity contribution in [1.82, 2.24) is 0 Å². The van der Waals surface area contributed by atoms with E-state index in [1.165, 1.54) is 140 Å². The smallest absolute Gasteiger partial charge is 0.0402 e. The molecule has 0 spiro atoms. The second kappa shape index (κ2) is 33.3. The van der Waals surface area contributed by atoms with E-state index < -0.39 is 0 Å². The molecule has 0 aromatic rings. The van der Waals surface area contributed by atoms with E-state index >= 15 is 0 Å². The van der Waals surface area contributed by atoms with Crippen LogP contribution in [0.5, 0.6) is 0 Å². The minimum absolute atomic E-state index is 0.250. The number of hydrogen-bond donors (Lipinski definition) is 1. The highest BCUT2D eigenvalue weighted by Gasteiger charge is 1.96. The quantitative estimate of drug-likeness (QED) is 0.124. The van der Waals surface area contributed by atoms with Gasteiger partial charge < -0.3 is 5.11 Å². The van der Waals surface area contributed by atoms with Crippen LogP contribution in [0.25, 0.3) is 0 Å². The molecule has 0 amide bonds. The molecular formula is C26H56OS2.